The first kappa shape index (κ1) is 16.6. The van der Waals surface area contributed by atoms with Gasteiger partial charge in [-0.25, -0.2) is 0 Å². The van der Waals surface area contributed by atoms with Gasteiger partial charge in [-0.2, -0.15) is 0 Å². The normalized spacial score (nSPS) is 17.8. The van der Waals surface area contributed by atoms with Gasteiger partial charge in [0.15, 0.2) is 0 Å². The van der Waals surface area contributed by atoms with Crippen LogP contribution in [0.15, 0.2) is 30.3 Å². The minimum absolute atomic E-state index is 0.0937. The summed E-state index contributed by atoms with van der Waals surface area (Å²) in [4.78, 5) is 25.7. The van der Waals surface area contributed by atoms with Gasteiger partial charge in [0.1, 0.15) is 0 Å². The van der Waals surface area contributed by atoms with E-state index in [1.807, 2.05) is 35.2 Å². The Labute approximate surface area is 143 Å². The van der Waals surface area contributed by atoms with E-state index >= 15 is 0 Å². The molecule has 0 spiro atoms. The number of carbonyl (C=O) groups is 2. The van der Waals surface area contributed by atoms with E-state index in [-0.39, 0.29) is 11.8 Å². The Balaban J connectivity index is 1.39. The van der Waals surface area contributed by atoms with Gasteiger partial charge in [0.2, 0.25) is 5.91 Å². The summed E-state index contributed by atoms with van der Waals surface area (Å²) in [5.41, 5.74) is 0.863. The maximum Gasteiger partial charge on any atom is 0.298 e. The van der Waals surface area contributed by atoms with Crippen molar-refractivity contribution in [2.75, 3.05) is 13.1 Å². The second-order valence-corrected chi connectivity index (χ2v) is 6.73. The molecule has 4 heteroatoms. The van der Waals surface area contributed by atoms with Crippen molar-refractivity contribution >= 4 is 11.8 Å². The molecular weight excluding hydrogens is 300 g/mol. The van der Waals surface area contributed by atoms with Crippen molar-refractivity contribution in [1.29, 1.82) is 0 Å². The fraction of sp³-hybridized carbons (Fsp3) is 0.500. The predicted octanol–water partition coefficient (Wildman–Crippen LogP) is 2.34. The molecule has 2 aliphatic rings. The Kier molecular flexibility index (Phi) is 5.53. The van der Waals surface area contributed by atoms with E-state index in [0.717, 1.165) is 50.8 Å². The van der Waals surface area contributed by atoms with E-state index in [2.05, 4.69) is 17.2 Å². The van der Waals surface area contributed by atoms with Crippen LogP contribution in [0.1, 0.15) is 44.1 Å². The molecule has 0 atom stereocenters. The zero-order chi connectivity index (χ0) is 16.8. The molecule has 0 bridgehead atoms. The van der Waals surface area contributed by atoms with Crippen LogP contribution in [-0.4, -0.2) is 35.8 Å². The first-order chi connectivity index (χ1) is 11.7. The van der Waals surface area contributed by atoms with Gasteiger partial charge in [0, 0.05) is 37.0 Å². The molecule has 0 unspecified atom stereocenters. The Bertz CT molecular complexity index is 633. The van der Waals surface area contributed by atoms with Gasteiger partial charge in [-0.1, -0.05) is 24.1 Å². The van der Waals surface area contributed by atoms with Crippen LogP contribution >= 0.6 is 0 Å². The first-order valence-electron chi connectivity index (χ1n) is 8.86. The number of likely N-dealkylation sites (tertiary alicyclic amines) is 1. The number of nitrogens with zero attached hydrogens (tertiary/aromatic N) is 1. The highest BCUT2D eigenvalue weighted by Gasteiger charge is 2.25. The molecule has 0 aromatic heterocycles. The van der Waals surface area contributed by atoms with E-state index in [9.17, 15) is 9.59 Å². The lowest BCUT2D eigenvalue weighted by molar-refractivity contribution is -0.127. The minimum atomic E-state index is -0.0937. The number of rotatable bonds is 4. The number of hydrogen-bond acceptors (Lipinski definition) is 2. The van der Waals surface area contributed by atoms with Crippen molar-refractivity contribution in [2.45, 2.75) is 44.6 Å². The van der Waals surface area contributed by atoms with Crippen LogP contribution in [-0.2, 0) is 9.59 Å². The van der Waals surface area contributed by atoms with Crippen LogP contribution in [0.2, 0.25) is 0 Å². The molecule has 1 N–H and O–H groups in total. The summed E-state index contributed by atoms with van der Waals surface area (Å²) < 4.78 is 0. The number of nitrogens with one attached hydrogen (secondary N) is 1. The van der Waals surface area contributed by atoms with E-state index in [1.54, 1.807) is 0 Å². The quantitative estimate of drug-likeness (QED) is 0.864. The molecule has 1 aliphatic heterocycles. The van der Waals surface area contributed by atoms with Crippen LogP contribution in [0.3, 0.4) is 0 Å². The van der Waals surface area contributed by atoms with E-state index in [1.165, 1.54) is 0 Å². The van der Waals surface area contributed by atoms with Gasteiger partial charge in [-0.3, -0.25) is 9.59 Å². The van der Waals surface area contributed by atoms with Crippen LogP contribution in [0.4, 0.5) is 0 Å². The van der Waals surface area contributed by atoms with Crippen molar-refractivity contribution in [2.24, 2.45) is 5.92 Å². The summed E-state index contributed by atoms with van der Waals surface area (Å²) >= 11 is 0. The Hall–Kier alpha value is -2.28. The first-order valence-corrected chi connectivity index (χ1v) is 8.86. The highest BCUT2D eigenvalue weighted by atomic mass is 16.2. The van der Waals surface area contributed by atoms with E-state index in [0.29, 0.717) is 18.4 Å². The fourth-order valence-electron chi connectivity index (χ4n) is 3.01. The SMILES string of the molecule is O=C(CCC1CCN(C(=O)C#Cc2ccccc2)CC1)NC1CC1. The second-order valence-electron chi connectivity index (χ2n) is 6.73. The fourth-order valence-corrected chi connectivity index (χ4v) is 3.01. The minimum Gasteiger partial charge on any atom is -0.353 e. The van der Waals surface area contributed by atoms with E-state index < -0.39 is 0 Å². The number of amides is 2. The molecular formula is C20H24N2O2. The molecule has 24 heavy (non-hydrogen) atoms. The van der Waals surface area contributed by atoms with Crippen LogP contribution < -0.4 is 5.32 Å². The van der Waals surface area contributed by atoms with Crippen LogP contribution in [0.5, 0.6) is 0 Å². The van der Waals surface area contributed by atoms with Crippen molar-refractivity contribution in [1.82, 2.24) is 10.2 Å². The summed E-state index contributed by atoms with van der Waals surface area (Å²) in [6.07, 6.45) is 5.75. The third-order valence-corrected chi connectivity index (χ3v) is 4.71. The zero-order valence-electron chi connectivity index (χ0n) is 14.0. The molecule has 1 aromatic carbocycles. The maximum absolute atomic E-state index is 12.2. The number of hydrogen-bond donors (Lipinski definition) is 1. The molecule has 126 valence electrons. The molecule has 3 rings (SSSR count). The monoisotopic (exact) mass is 324 g/mol. The van der Waals surface area contributed by atoms with E-state index in [4.69, 9.17) is 0 Å². The zero-order valence-corrected chi connectivity index (χ0v) is 14.0. The second kappa shape index (κ2) is 8.01. The summed E-state index contributed by atoms with van der Waals surface area (Å²) in [7, 11) is 0. The van der Waals surface area contributed by atoms with Crippen molar-refractivity contribution in [3.05, 3.63) is 35.9 Å². The Morgan fingerprint density at radius 2 is 1.79 bits per heavy atom. The number of carbonyl (C=O) groups excluding carboxylic acids is 2. The van der Waals surface area contributed by atoms with Gasteiger partial charge < -0.3 is 10.2 Å². The smallest absolute Gasteiger partial charge is 0.298 e. The summed E-state index contributed by atoms with van der Waals surface area (Å²) in [6.45, 7) is 1.49. The van der Waals surface area contributed by atoms with Crippen molar-refractivity contribution < 1.29 is 9.59 Å². The van der Waals surface area contributed by atoms with Crippen molar-refractivity contribution in [3.8, 4) is 11.8 Å². The lowest BCUT2D eigenvalue weighted by Crippen LogP contribution is -2.38. The molecule has 1 saturated carbocycles. The van der Waals surface area contributed by atoms with Crippen molar-refractivity contribution in [3.63, 3.8) is 0 Å². The van der Waals surface area contributed by atoms with Gasteiger partial charge >= 0.3 is 0 Å². The molecule has 0 radical (unpaired) electrons. The molecule has 2 amide bonds. The summed E-state index contributed by atoms with van der Waals surface area (Å²) in [5.74, 6) is 6.29. The lowest BCUT2D eigenvalue weighted by atomic mass is 9.92. The lowest BCUT2D eigenvalue weighted by Gasteiger charge is -2.30. The number of piperidine rings is 1. The third kappa shape index (κ3) is 5.13. The predicted molar refractivity (Wildman–Crippen MR) is 93.0 cm³/mol. The largest absolute Gasteiger partial charge is 0.353 e. The summed E-state index contributed by atoms with van der Waals surface area (Å²) in [6, 6.07) is 10.0. The van der Waals surface area contributed by atoms with Crippen LogP contribution in [0.25, 0.3) is 0 Å². The molecule has 4 nitrogen and oxygen atoms in total. The average molecular weight is 324 g/mol. The standard InChI is InChI=1S/C20H24N2O2/c23-19(21-18-8-9-18)10-6-17-12-14-22(15-13-17)20(24)11-7-16-4-2-1-3-5-16/h1-5,17-18H,6,8-10,12-15H2,(H,21,23). The van der Waals surface area contributed by atoms with Gasteiger partial charge in [0.05, 0.1) is 0 Å². The third-order valence-electron chi connectivity index (χ3n) is 4.71. The Morgan fingerprint density at radius 1 is 1.08 bits per heavy atom. The molecule has 1 saturated heterocycles. The molecule has 1 heterocycles. The number of benzene rings is 1. The Morgan fingerprint density at radius 3 is 2.46 bits per heavy atom. The highest BCUT2D eigenvalue weighted by Crippen LogP contribution is 2.23. The topological polar surface area (TPSA) is 49.4 Å². The molecule has 1 aliphatic carbocycles. The van der Waals surface area contributed by atoms with Gasteiger partial charge in [-0.05, 0) is 50.2 Å². The molecule has 1 aromatic rings. The average Bonchev–Trinajstić information content (AvgIpc) is 3.43. The highest BCUT2D eigenvalue weighted by molar-refractivity contribution is 5.94. The van der Waals surface area contributed by atoms with Crippen LogP contribution in [0, 0.1) is 17.8 Å². The molecule has 2 fully saturated rings. The summed E-state index contributed by atoms with van der Waals surface area (Å²) in [5, 5.41) is 3.03. The van der Waals surface area contributed by atoms with Gasteiger partial charge in [-0.15, -0.1) is 0 Å². The van der Waals surface area contributed by atoms with Gasteiger partial charge in [0.25, 0.3) is 5.91 Å². The maximum atomic E-state index is 12.2.